The summed E-state index contributed by atoms with van der Waals surface area (Å²) in [6.45, 7) is 11.8. The maximum atomic E-state index is 12.5. The molecule has 0 atom stereocenters. The molecule has 0 spiro atoms. The summed E-state index contributed by atoms with van der Waals surface area (Å²) in [6, 6.07) is 8.05. The van der Waals surface area contributed by atoms with Crippen LogP contribution in [-0.2, 0) is 15.1 Å². The fourth-order valence-corrected chi connectivity index (χ4v) is 4.10. The first-order valence-corrected chi connectivity index (χ1v) is 8.10. The Kier molecular flexibility index (Phi) is 4.86. The molecule has 0 aromatic heterocycles. The Morgan fingerprint density at radius 1 is 0.792 bits per heavy atom. The van der Waals surface area contributed by atoms with Crippen molar-refractivity contribution < 1.29 is 14.6 Å². The molecule has 3 heteroatoms. The molecule has 0 saturated heterocycles. The summed E-state index contributed by atoms with van der Waals surface area (Å²) < 4.78 is 5.78. The molecular weight excluding hydrogens is 300 g/mol. The zero-order chi connectivity index (χ0) is 18.2. The molecule has 0 saturated carbocycles. The maximum Gasteiger partial charge on any atom is 0.345 e. The summed E-state index contributed by atoms with van der Waals surface area (Å²) in [5.74, 6) is -0.991. The SMILES string of the molecule is COC(C(=O)O)(c1c(C)cc(C)cc1C)c1c(C)cc(C)cc1C. The van der Waals surface area contributed by atoms with E-state index in [1.165, 1.54) is 7.11 Å². The predicted molar refractivity (Wildman–Crippen MR) is 96.7 cm³/mol. The van der Waals surface area contributed by atoms with Crippen LogP contribution in [0.4, 0.5) is 0 Å². The summed E-state index contributed by atoms with van der Waals surface area (Å²) in [6.07, 6.45) is 0. The average molecular weight is 326 g/mol. The average Bonchev–Trinajstić information content (AvgIpc) is 2.42. The van der Waals surface area contributed by atoms with Gasteiger partial charge in [0.15, 0.2) is 0 Å². The van der Waals surface area contributed by atoms with E-state index < -0.39 is 11.6 Å². The zero-order valence-corrected chi connectivity index (χ0v) is 15.6. The van der Waals surface area contributed by atoms with Gasteiger partial charge in [0.1, 0.15) is 0 Å². The van der Waals surface area contributed by atoms with Crippen molar-refractivity contribution in [3.63, 3.8) is 0 Å². The minimum Gasteiger partial charge on any atom is -0.479 e. The van der Waals surface area contributed by atoms with E-state index in [1.807, 2.05) is 65.8 Å². The summed E-state index contributed by atoms with van der Waals surface area (Å²) in [5, 5.41) is 10.2. The third kappa shape index (κ3) is 2.73. The lowest BCUT2D eigenvalue weighted by molar-refractivity contribution is -0.158. The minimum absolute atomic E-state index is 0.721. The van der Waals surface area contributed by atoms with Crippen LogP contribution in [0.25, 0.3) is 0 Å². The second-order valence-corrected chi connectivity index (χ2v) is 6.74. The summed E-state index contributed by atoms with van der Waals surface area (Å²) in [4.78, 5) is 12.5. The highest BCUT2D eigenvalue weighted by molar-refractivity contribution is 5.86. The van der Waals surface area contributed by atoms with E-state index in [2.05, 4.69) is 0 Å². The Morgan fingerprint density at radius 2 is 1.08 bits per heavy atom. The first-order valence-electron chi connectivity index (χ1n) is 8.10. The van der Waals surface area contributed by atoms with E-state index in [0.29, 0.717) is 0 Å². The highest BCUT2D eigenvalue weighted by Gasteiger charge is 2.46. The number of rotatable bonds is 4. The van der Waals surface area contributed by atoms with Crippen LogP contribution < -0.4 is 0 Å². The number of aliphatic carboxylic acids is 1. The zero-order valence-electron chi connectivity index (χ0n) is 15.6. The van der Waals surface area contributed by atoms with Crippen LogP contribution in [-0.4, -0.2) is 18.2 Å². The summed E-state index contributed by atoms with van der Waals surface area (Å²) >= 11 is 0. The van der Waals surface area contributed by atoms with Crippen molar-refractivity contribution in [2.24, 2.45) is 0 Å². The Bertz CT molecular complexity index is 699. The fraction of sp³-hybridized carbons (Fsp3) is 0.381. The lowest BCUT2D eigenvalue weighted by Gasteiger charge is -2.34. The molecule has 0 aliphatic carbocycles. The first kappa shape index (κ1) is 18.2. The molecule has 0 unspecified atom stereocenters. The fourth-order valence-electron chi connectivity index (χ4n) is 4.10. The van der Waals surface area contributed by atoms with Crippen molar-refractivity contribution in [3.8, 4) is 0 Å². The van der Waals surface area contributed by atoms with Crippen LogP contribution in [0.3, 0.4) is 0 Å². The molecule has 1 N–H and O–H groups in total. The van der Waals surface area contributed by atoms with E-state index in [1.54, 1.807) is 0 Å². The standard InChI is InChI=1S/C21H26O3/c1-12-8-14(3)18(15(4)9-12)21(24-7,20(22)23)19-16(5)10-13(2)11-17(19)6/h8-11H,1-7H3,(H,22,23). The van der Waals surface area contributed by atoms with Gasteiger partial charge in [-0.3, -0.25) is 0 Å². The van der Waals surface area contributed by atoms with Gasteiger partial charge in [-0.1, -0.05) is 35.4 Å². The van der Waals surface area contributed by atoms with Crippen LogP contribution in [0.5, 0.6) is 0 Å². The predicted octanol–water partition coefficient (Wildman–Crippen LogP) is 4.51. The van der Waals surface area contributed by atoms with E-state index in [4.69, 9.17) is 4.74 Å². The van der Waals surface area contributed by atoms with Gasteiger partial charge in [-0.05, 0) is 63.8 Å². The van der Waals surface area contributed by atoms with Crippen molar-refractivity contribution >= 4 is 5.97 Å². The molecule has 24 heavy (non-hydrogen) atoms. The van der Waals surface area contributed by atoms with Crippen LogP contribution in [0.1, 0.15) is 44.5 Å². The molecule has 2 aromatic rings. The minimum atomic E-state index is -1.51. The Balaban J connectivity index is 2.97. The van der Waals surface area contributed by atoms with Crippen LogP contribution in [0, 0.1) is 41.5 Å². The molecular formula is C21H26O3. The smallest absolute Gasteiger partial charge is 0.345 e. The van der Waals surface area contributed by atoms with Crippen LogP contribution in [0.2, 0.25) is 0 Å². The van der Waals surface area contributed by atoms with Gasteiger partial charge in [-0.15, -0.1) is 0 Å². The van der Waals surface area contributed by atoms with Gasteiger partial charge in [-0.25, -0.2) is 4.79 Å². The number of methoxy groups -OCH3 is 1. The third-order valence-corrected chi connectivity index (χ3v) is 4.67. The molecule has 0 heterocycles. The number of hydrogen-bond donors (Lipinski definition) is 1. The van der Waals surface area contributed by atoms with E-state index in [-0.39, 0.29) is 0 Å². The second-order valence-electron chi connectivity index (χ2n) is 6.74. The molecule has 3 nitrogen and oxygen atoms in total. The number of aryl methyl sites for hydroxylation is 6. The van der Waals surface area contributed by atoms with E-state index >= 15 is 0 Å². The van der Waals surface area contributed by atoms with Gasteiger partial charge in [0, 0.05) is 18.2 Å². The molecule has 0 aliphatic heterocycles. The summed E-state index contributed by atoms with van der Waals surface area (Å²) in [5.41, 5.74) is 5.86. The van der Waals surface area contributed by atoms with Crippen molar-refractivity contribution in [2.45, 2.75) is 47.1 Å². The van der Waals surface area contributed by atoms with E-state index in [9.17, 15) is 9.90 Å². The second kappa shape index (κ2) is 6.40. The van der Waals surface area contributed by atoms with Crippen molar-refractivity contribution in [1.82, 2.24) is 0 Å². The quantitative estimate of drug-likeness (QED) is 0.899. The van der Waals surface area contributed by atoms with Crippen LogP contribution >= 0.6 is 0 Å². The molecule has 2 rings (SSSR count). The molecule has 0 amide bonds. The monoisotopic (exact) mass is 326 g/mol. The van der Waals surface area contributed by atoms with Crippen LogP contribution in [0.15, 0.2) is 24.3 Å². The normalized spacial score (nSPS) is 11.6. The maximum absolute atomic E-state index is 12.5. The number of carboxylic acid groups (broad SMARTS) is 1. The molecule has 0 aliphatic rings. The number of hydrogen-bond acceptors (Lipinski definition) is 2. The summed E-state index contributed by atoms with van der Waals surface area (Å²) in [7, 11) is 1.48. The highest BCUT2D eigenvalue weighted by Crippen LogP contribution is 2.41. The van der Waals surface area contributed by atoms with Gasteiger partial charge in [0.2, 0.25) is 5.60 Å². The van der Waals surface area contributed by atoms with Gasteiger partial charge in [0.25, 0.3) is 0 Å². The molecule has 128 valence electrons. The van der Waals surface area contributed by atoms with E-state index in [0.717, 1.165) is 44.5 Å². The third-order valence-electron chi connectivity index (χ3n) is 4.67. The number of carbonyl (C=O) groups is 1. The molecule has 0 radical (unpaired) electrons. The van der Waals surface area contributed by atoms with Crippen molar-refractivity contribution in [2.75, 3.05) is 7.11 Å². The topological polar surface area (TPSA) is 46.5 Å². The number of carboxylic acids is 1. The van der Waals surface area contributed by atoms with Gasteiger partial charge < -0.3 is 9.84 Å². The molecule has 2 aromatic carbocycles. The molecule has 0 bridgehead atoms. The van der Waals surface area contributed by atoms with Crippen molar-refractivity contribution in [1.29, 1.82) is 0 Å². The van der Waals surface area contributed by atoms with Crippen molar-refractivity contribution in [3.05, 3.63) is 68.8 Å². The van der Waals surface area contributed by atoms with Gasteiger partial charge in [-0.2, -0.15) is 0 Å². The highest BCUT2D eigenvalue weighted by atomic mass is 16.5. The molecule has 0 fully saturated rings. The lowest BCUT2D eigenvalue weighted by atomic mass is 9.76. The lowest BCUT2D eigenvalue weighted by Crippen LogP contribution is -2.41. The number of benzene rings is 2. The Labute approximate surface area is 144 Å². The largest absolute Gasteiger partial charge is 0.479 e. The number of ether oxygens (including phenoxy) is 1. The first-order chi connectivity index (χ1) is 11.1. The Morgan fingerprint density at radius 3 is 1.29 bits per heavy atom. The van der Waals surface area contributed by atoms with Gasteiger partial charge in [0.05, 0.1) is 0 Å². The Hall–Kier alpha value is -2.13. The van der Waals surface area contributed by atoms with Gasteiger partial charge >= 0.3 is 5.97 Å².